The van der Waals surface area contributed by atoms with E-state index in [0.29, 0.717) is 17.5 Å². The van der Waals surface area contributed by atoms with Crippen LogP contribution in [-0.4, -0.2) is 64.1 Å². The third-order valence-corrected chi connectivity index (χ3v) is 6.91. The highest BCUT2D eigenvalue weighted by Crippen LogP contribution is 2.36. The Morgan fingerprint density at radius 3 is 2.65 bits per heavy atom. The zero-order chi connectivity index (χ0) is 26.2. The van der Waals surface area contributed by atoms with Crippen molar-refractivity contribution in [1.29, 1.82) is 0 Å². The molecule has 1 fully saturated rings. The van der Waals surface area contributed by atoms with Crippen molar-refractivity contribution in [3.8, 4) is 5.75 Å². The number of nitrogens with one attached hydrogen (secondary N) is 2. The number of alkyl halides is 2. The molecule has 0 spiro atoms. The Kier molecular flexibility index (Phi) is 6.80. The van der Waals surface area contributed by atoms with Crippen molar-refractivity contribution in [3.63, 3.8) is 0 Å². The van der Waals surface area contributed by atoms with E-state index in [1.807, 2.05) is 0 Å². The van der Waals surface area contributed by atoms with Crippen molar-refractivity contribution < 1.29 is 23.1 Å². The number of rotatable bonds is 7. The average molecular weight is 516 g/mol. The van der Waals surface area contributed by atoms with Crippen LogP contribution in [0.5, 0.6) is 5.75 Å². The van der Waals surface area contributed by atoms with Gasteiger partial charge in [0.1, 0.15) is 16.9 Å². The molecule has 0 radical (unpaired) electrons. The van der Waals surface area contributed by atoms with Crippen molar-refractivity contribution in [1.82, 2.24) is 19.8 Å². The molecular weight excluding hydrogens is 487 g/mol. The highest BCUT2D eigenvalue weighted by atomic mass is 19.3. The first kappa shape index (κ1) is 25.1. The standard InChI is InChI=1S/C26H28F3N5O3/c27-18-6-4-16(5-7-18)12-17-13-31-21-22-20(17)32-14-26(28,29)15-34(22)25(37)19(23(21)35)24(36)30-8-3-11-33-9-1-2-10-33/h4-7,13,32,35H,1-3,8-12,14-15H2,(H,30,36). The lowest BCUT2D eigenvalue weighted by Gasteiger charge is -2.18. The van der Waals surface area contributed by atoms with Crippen LogP contribution in [0, 0.1) is 5.82 Å². The van der Waals surface area contributed by atoms with Crippen LogP contribution in [0.3, 0.4) is 0 Å². The molecule has 2 aliphatic rings. The van der Waals surface area contributed by atoms with E-state index in [-0.39, 0.29) is 29.7 Å². The van der Waals surface area contributed by atoms with Gasteiger partial charge in [-0.1, -0.05) is 12.1 Å². The highest BCUT2D eigenvalue weighted by molar-refractivity contribution is 6.04. The number of halogens is 3. The van der Waals surface area contributed by atoms with Crippen molar-refractivity contribution in [2.45, 2.75) is 38.2 Å². The summed E-state index contributed by atoms with van der Waals surface area (Å²) in [5, 5.41) is 16.3. The predicted octanol–water partition coefficient (Wildman–Crippen LogP) is 3.11. The van der Waals surface area contributed by atoms with E-state index in [4.69, 9.17) is 0 Å². The number of anilines is 1. The number of carbonyl (C=O) groups is 1. The van der Waals surface area contributed by atoms with Crippen LogP contribution < -0.4 is 16.2 Å². The Balaban J connectivity index is 1.51. The number of amides is 1. The second-order valence-corrected chi connectivity index (χ2v) is 9.64. The smallest absolute Gasteiger partial charge is 0.282 e. The maximum absolute atomic E-state index is 14.7. The van der Waals surface area contributed by atoms with Gasteiger partial charge in [0.05, 0.1) is 24.3 Å². The normalized spacial score (nSPS) is 16.9. The molecule has 0 bridgehead atoms. The van der Waals surface area contributed by atoms with Gasteiger partial charge in [-0.15, -0.1) is 0 Å². The van der Waals surface area contributed by atoms with E-state index >= 15 is 0 Å². The molecule has 0 saturated carbocycles. The maximum atomic E-state index is 14.7. The van der Waals surface area contributed by atoms with Gasteiger partial charge in [-0.2, -0.15) is 0 Å². The van der Waals surface area contributed by atoms with E-state index in [1.165, 1.54) is 18.3 Å². The molecule has 0 aliphatic carbocycles. The Morgan fingerprint density at radius 2 is 1.92 bits per heavy atom. The van der Waals surface area contributed by atoms with Crippen molar-refractivity contribution in [3.05, 3.63) is 63.3 Å². The minimum Gasteiger partial charge on any atom is -0.505 e. The highest BCUT2D eigenvalue weighted by Gasteiger charge is 2.37. The second kappa shape index (κ2) is 10.0. The number of likely N-dealkylation sites (tertiary alicyclic amines) is 1. The number of carbonyl (C=O) groups excluding carboxylic acids is 1. The lowest BCUT2D eigenvalue weighted by atomic mass is 10.0. The monoisotopic (exact) mass is 515 g/mol. The fourth-order valence-corrected chi connectivity index (χ4v) is 5.04. The third-order valence-electron chi connectivity index (χ3n) is 6.91. The summed E-state index contributed by atoms with van der Waals surface area (Å²) in [5.74, 6) is -5.18. The van der Waals surface area contributed by atoms with Crippen LogP contribution in [-0.2, 0) is 13.0 Å². The lowest BCUT2D eigenvalue weighted by molar-refractivity contribution is -0.000937. The number of aromatic nitrogens is 2. The number of aromatic hydroxyl groups is 1. The fraction of sp³-hybridized carbons (Fsp3) is 0.423. The van der Waals surface area contributed by atoms with Gasteiger partial charge < -0.3 is 20.6 Å². The first-order valence-electron chi connectivity index (χ1n) is 12.4. The number of pyridine rings is 2. The largest absolute Gasteiger partial charge is 0.505 e. The Labute approximate surface area is 211 Å². The van der Waals surface area contributed by atoms with E-state index in [0.717, 1.165) is 37.0 Å². The average Bonchev–Trinajstić information content (AvgIpc) is 3.33. The summed E-state index contributed by atoms with van der Waals surface area (Å²) in [4.78, 5) is 32.8. The second-order valence-electron chi connectivity index (χ2n) is 9.64. The summed E-state index contributed by atoms with van der Waals surface area (Å²) in [6.07, 6.45) is 4.59. The van der Waals surface area contributed by atoms with E-state index in [2.05, 4.69) is 20.5 Å². The lowest BCUT2D eigenvalue weighted by Crippen LogP contribution is -2.38. The van der Waals surface area contributed by atoms with Crippen LogP contribution in [0.25, 0.3) is 11.0 Å². The molecule has 1 amide bonds. The quantitative estimate of drug-likeness (QED) is 0.419. The molecule has 2 aromatic heterocycles. The van der Waals surface area contributed by atoms with Crippen molar-refractivity contribution in [2.24, 2.45) is 0 Å². The van der Waals surface area contributed by atoms with Gasteiger partial charge in [0.25, 0.3) is 17.4 Å². The summed E-state index contributed by atoms with van der Waals surface area (Å²) in [5.41, 5.74) is -0.308. The Morgan fingerprint density at radius 1 is 1.19 bits per heavy atom. The van der Waals surface area contributed by atoms with E-state index < -0.39 is 47.6 Å². The van der Waals surface area contributed by atoms with E-state index in [1.54, 1.807) is 12.1 Å². The Bertz CT molecular complexity index is 1390. The molecule has 196 valence electrons. The Hall–Kier alpha value is -3.60. The zero-order valence-corrected chi connectivity index (χ0v) is 20.2. The van der Waals surface area contributed by atoms with Gasteiger partial charge in [-0.05, 0) is 56.6 Å². The number of nitrogens with zero attached hydrogens (tertiary/aromatic N) is 3. The molecule has 2 aliphatic heterocycles. The SMILES string of the molecule is O=C(NCCCN1CCCC1)c1c(O)c2ncc(Cc3ccc(F)cc3)c3c2n(c1=O)CC(F)(F)CN3. The molecule has 37 heavy (non-hydrogen) atoms. The molecule has 0 unspecified atom stereocenters. The van der Waals surface area contributed by atoms with Crippen LogP contribution in [0.2, 0.25) is 0 Å². The summed E-state index contributed by atoms with van der Waals surface area (Å²) >= 11 is 0. The summed E-state index contributed by atoms with van der Waals surface area (Å²) in [6.45, 7) is 1.39. The molecule has 5 rings (SSSR count). The zero-order valence-electron chi connectivity index (χ0n) is 20.2. The van der Waals surface area contributed by atoms with Crippen LogP contribution in [0.1, 0.15) is 40.7 Å². The third kappa shape index (κ3) is 5.13. The first-order chi connectivity index (χ1) is 17.7. The predicted molar refractivity (Wildman–Crippen MR) is 133 cm³/mol. The van der Waals surface area contributed by atoms with Gasteiger partial charge in [-0.25, -0.2) is 13.2 Å². The molecule has 3 aromatic rings. The molecule has 4 heterocycles. The first-order valence-corrected chi connectivity index (χ1v) is 12.4. The number of hydrogen-bond donors (Lipinski definition) is 3. The molecule has 1 saturated heterocycles. The minimum absolute atomic E-state index is 0.00451. The molecule has 3 N–H and O–H groups in total. The van der Waals surface area contributed by atoms with Gasteiger partial charge in [0.2, 0.25) is 0 Å². The van der Waals surface area contributed by atoms with Crippen molar-refractivity contribution >= 4 is 22.6 Å². The van der Waals surface area contributed by atoms with Gasteiger partial charge in [-0.3, -0.25) is 19.1 Å². The summed E-state index contributed by atoms with van der Waals surface area (Å²) in [7, 11) is 0. The summed E-state index contributed by atoms with van der Waals surface area (Å²) in [6, 6.07) is 5.72. The van der Waals surface area contributed by atoms with Crippen LogP contribution in [0.4, 0.5) is 18.9 Å². The minimum atomic E-state index is -3.30. The van der Waals surface area contributed by atoms with Crippen LogP contribution >= 0.6 is 0 Å². The summed E-state index contributed by atoms with van der Waals surface area (Å²) < 4.78 is 43.6. The van der Waals surface area contributed by atoms with Gasteiger partial charge in [0.15, 0.2) is 5.75 Å². The van der Waals surface area contributed by atoms with Gasteiger partial charge in [0, 0.05) is 24.7 Å². The number of benzene rings is 1. The van der Waals surface area contributed by atoms with Crippen molar-refractivity contribution in [2.75, 3.05) is 38.0 Å². The fourth-order valence-electron chi connectivity index (χ4n) is 5.04. The van der Waals surface area contributed by atoms with Crippen LogP contribution in [0.15, 0.2) is 35.3 Å². The molecule has 1 aromatic carbocycles. The molecule has 8 nitrogen and oxygen atoms in total. The maximum Gasteiger partial charge on any atom is 0.282 e. The topological polar surface area (TPSA) is 99.5 Å². The molecule has 0 atom stereocenters. The molecular formula is C26H28F3N5O3. The van der Waals surface area contributed by atoms with Gasteiger partial charge >= 0.3 is 0 Å². The number of hydrogen-bond acceptors (Lipinski definition) is 6. The van der Waals surface area contributed by atoms with E-state index in [9.17, 15) is 27.9 Å². The molecule has 11 heteroatoms.